The fourth-order valence-electron chi connectivity index (χ4n) is 2.91. The number of hydrogen-bond donors (Lipinski definition) is 2. The van der Waals surface area contributed by atoms with Crippen LogP contribution in [-0.4, -0.2) is 49.5 Å². The predicted octanol–water partition coefficient (Wildman–Crippen LogP) is 2.46. The number of likely N-dealkylation sites (tertiary alicyclic amines) is 1. The number of nitrogens with zero attached hydrogens (tertiary/aromatic N) is 2. The lowest BCUT2D eigenvalue weighted by Gasteiger charge is -2.37. The van der Waals surface area contributed by atoms with Crippen LogP contribution in [0.5, 0.6) is 0 Å². The first kappa shape index (κ1) is 21.5. The van der Waals surface area contributed by atoms with E-state index in [0.717, 1.165) is 25.5 Å². The van der Waals surface area contributed by atoms with Crippen molar-refractivity contribution in [1.82, 2.24) is 15.5 Å². The van der Waals surface area contributed by atoms with E-state index in [4.69, 9.17) is 0 Å². The number of rotatable bonds is 5. The molecule has 22 heavy (non-hydrogen) atoms. The normalized spacial score (nSPS) is 23.5. The first-order chi connectivity index (χ1) is 9.96. The molecule has 3 unspecified atom stereocenters. The minimum absolute atomic E-state index is 0. The second-order valence-electron chi connectivity index (χ2n) is 6.45. The maximum absolute atomic E-state index is 11.8. The van der Waals surface area contributed by atoms with Crippen LogP contribution in [0.2, 0.25) is 0 Å². The van der Waals surface area contributed by atoms with Gasteiger partial charge in [0.15, 0.2) is 5.96 Å². The molecule has 0 spiro atoms. The second-order valence-corrected chi connectivity index (χ2v) is 6.45. The lowest BCUT2D eigenvalue weighted by atomic mass is 9.92. The Balaban J connectivity index is 0.00000441. The van der Waals surface area contributed by atoms with Crippen molar-refractivity contribution >= 4 is 35.8 Å². The molecule has 1 heterocycles. The molecule has 0 aromatic rings. The van der Waals surface area contributed by atoms with Crippen LogP contribution in [0.3, 0.4) is 0 Å². The van der Waals surface area contributed by atoms with E-state index in [2.05, 4.69) is 41.3 Å². The van der Waals surface area contributed by atoms with E-state index in [-0.39, 0.29) is 35.9 Å². The highest BCUT2D eigenvalue weighted by atomic mass is 127. The molecule has 5 nitrogen and oxygen atoms in total. The highest BCUT2D eigenvalue weighted by Gasteiger charge is 2.23. The number of amides is 1. The fourth-order valence-corrected chi connectivity index (χ4v) is 2.91. The fraction of sp³-hybridized carbons (Fsp3) is 0.875. The maximum Gasteiger partial charge on any atom is 0.221 e. The van der Waals surface area contributed by atoms with Gasteiger partial charge in [-0.3, -0.25) is 9.79 Å². The molecule has 0 saturated carbocycles. The summed E-state index contributed by atoms with van der Waals surface area (Å²) in [7, 11) is 1.81. The van der Waals surface area contributed by atoms with E-state index >= 15 is 0 Å². The molecule has 0 aliphatic carbocycles. The lowest BCUT2D eigenvalue weighted by molar-refractivity contribution is -0.121. The summed E-state index contributed by atoms with van der Waals surface area (Å²) in [6.07, 6.45) is 2.73. The van der Waals surface area contributed by atoms with Gasteiger partial charge in [0.1, 0.15) is 0 Å². The van der Waals surface area contributed by atoms with Gasteiger partial charge in [0.25, 0.3) is 0 Å². The van der Waals surface area contributed by atoms with E-state index in [0.29, 0.717) is 24.8 Å². The number of nitrogens with one attached hydrogen (secondary N) is 2. The van der Waals surface area contributed by atoms with Gasteiger partial charge in [0.2, 0.25) is 5.91 Å². The highest BCUT2D eigenvalue weighted by molar-refractivity contribution is 14.0. The van der Waals surface area contributed by atoms with Gasteiger partial charge in [-0.25, -0.2) is 0 Å². The highest BCUT2D eigenvalue weighted by Crippen LogP contribution is 2.20. The Kier molecular flexibility index (Phi) is 10.8. The van der Waals surface area contributed by atoms with Crippen LogP contribution in [0.4, 0.5) is 0 Å². The Hall–Kier alpha value is -0.530. The molecular formula is C16H33IN4O. The summed E-state index contributed by atoms with van der Waals surface area (Å²) < 4.78 is 0. The molecule has 1 aliphatic heterocycles. The van der Waals surface area contributed by atoms with Crippen LogP contribution >= 0.6 is 24.0 Å². The van der Waals surface area contributed by atoms with Crippen LogP contribution in [-0.2, 0) is 4.79 Å². The third kappa shape index (κ3) is 7.65. The van der Waals surface area contributed by atoms with Gasteiger partial charge in [-0.05, 0) is 31.6 Å². The van der Waals surface area contributed by atoms with Crippen LogP contribution < -0.4 is 10.6 Å². The SMILES string of the molecule is CCC(C)NC(=O)CCNC(=NC)N1CC(C)CC(C)C1.I. The Morgan fingerprint density at radius 3 is 2.41 bits per heavy atom. The molecule has 1 rings (SSSR count). The van der Waals surface area contributed by atoms with E-state index in [1.807, 2.05) is 14.0 Å². The van der Waals surface area contributed by atoms with Crippen LogP contribution in [0, 0.1) is 11.8 Å². The number of guanidine groups is 1. The van der Waals surface area contributed by atoms with Crippen LogP contribution in [0.15, 0.2) is 4.99 Å². The molecule has 130 valence electrons. The number of halogens is 1. The summed E-state index contributed by atoms with van der Waals surface area (Å²) >= 11 is 0. The number of carbonyl (C=O) groups excluding carboxylic acids is 1. The van der Waals surface area contributed by atoms with Crippen molar-refractivity contribution in [2.24, 2.45) is 16.8 Å². The third-order valence-electron chi connectivity index (χ3n) is 4.04. The number of hydrogen-bond acceptors (Lipinski definition) is 2. The van der Waals surface area contributed by atoms with Gasteiger partial charge in [-0.1, -0.05) is 20.8 Å². The second kappa shape index (κ2) is 11.1. The molecule has 1 fully saturated rings. The average molecular weight is 424 g/mol. The molecular weight excluding hydrogens is 391 g/mol. The Labute approximate surface area is 152 Å². The molecule has 0 bridgehead atoms. The third-order valence-corrected chi connectivity index (χ3v) is 4.04. The molecule has 2 N–H and O–H groups in total. The van der Waals surface area contributed by atoms with Crippen LogP contribution in [0.25, 0.3) is 0 Å². The van der Waals surface area contributed by atoms with Crippen molar-refractivity contribution in [3.8, 4) is 0 Å². The maximum atomic E-state index is 11.8. The van der Waals surface area contributed by atoms with Gasteiger partial charge >= 0.3 is 0 Å². The summed E-state index contributed by atoms with van der Waals surface area (Å²) in [4.78, 5) is 18.4. The Morgan fingerprint density at radius 1 is 1.32 bits per heavy atom. The predicted molar refractivity (Wildman–Crippen MR) is 104 cm³/mol. The van der Waals surface area contributed by atoms with Crippen molar-refractivity contribution in [3.05, 3.63) is 0 Å². The van der Waals surface area contributed by atoms with Crippen molar-refractivity contribution in [3.63, 3.8) is 0 Å². The topological polar surface area (TPSA) is 56.7 Å². The van der Waals surface area contributed by atoms with Crippen molar-refractivity contribution in [1.29, 1.82) is 0 Å². The monoisotopic (exact) mass is 424 g/mol. The zero-order chi connectivity index (χ0) is 15.8. The number of aliphatic imine (C=N–C) groups is 1. The van der Waals surface area contributed by atoms with Crippen molar-refractivity contribution in [2.45, 2.75) is 53.0 Å². The summed E-state index contributed by atoms with van der Waals surface area (Å²) in [5.41, 5.74) is 0. The zero-order valence-corrected chi connectivity index (χ0v) is 17.0. The first-order valence-corrected chi connectivity index (χ1v) is 8.21. The van der Waals surface area contributed by atoms with E-state index in [1.54, 1.807) is 0 Å². The molecule has 6 heteroatoms. The van der Waals surface area contributed by atoms with Gasteiger partial charge in [0, 0.05) is 39.1 Å². The molecule has 3 atom stereocenters. The summed E-state index contributed by atoms with van der Waals surface area (Å²) in [6, 6.07) is 0.251. The molecule has 0 aromatic heterocycles. The molecule has 0 radical (unpaired) electrons. The Morgan fingerprint density at radius 2 is 1.91 bits per heavy atom. The standard InChI is InChI=1S/C16H32N4O.HI/c1-6-14(4)19-15(21)7-8-18-16(17-5)20-10-12(2)9-13(3)11-20;/h12-14H,6-11H2,1-5H3,(H,17,18)(H,19,21);1H. The summed E-state index contributed by atoms with van der Waals surface area (Å²) in [5, 5.41) is 6.30. The molecule has 1 amide bonds. The molecule has 1 aliphatic rings. The number of piperidine rings is 1. The van der Waals surface area contributed by atoms with Gasteiger partial charge in [0.05, 0.1) is 0 Å². The minimum atomic E-state index is 0. The van der Waals surface area contributed by atoms with E-state index in [1.165, 1.54) is 6.42 Å². The number of carbonyl (C=O) groups is 1. The summed E-state index contributed by atoms with van der Waals surface area (Å²) in [6.45, 7) is 11.4. The smallest absolute Gasteiger partial charge is 0.221 e. The largest absolute Gasteiger partial charge is 0.356 e. The van der Waals surface area contributed by atoms with Crippen molar-refractivity contribution < 1.29 is 4.79 Å². The first-order valence-electron chi connectivity index (χ1n) is 8.21. The van der Waals surface area contributed by atoms with Gasteiger partial charge in [-0.2, -0.15) is 0 Å². The van der Waals surface area contributed by atoms with E-state index in [9.17, 15) is 4.79 Å². The molecule has 0 aromatic carbocycles. The zero-order valence-electron chi connectivity index (χ0n) is 14.7. The van der Waals surface area contributed by atoms with Crippen molar-refractivity contribution in [2.75, 3.05) is 26.7 Å². The lowest BCUT2D eigenvalue weighted by Crippen LogP contribution is -2.49. The minimum Gasteiger partial charge on any atom is -0.356 e. The van der Waals surface area contributed by atoms with E-state index < -0.39 is 0 Å². The quantitative estimate of drug-likeness (QED) is 0.405. The average Bonchev–Trinajstić information content (AvgIpc) is 2.42. The van der Waals surface area contributed by atoms with Crippen LogP contribution in [0.1, 0.15) is 47.0 Å². The Bertz CT molecular complexity index is 352. The molecule has 1 saturated heterocycles. The van der Waals surface area contributed by atoms with Gasteiger partial charge < -0.3 is 15.5 Å². The summed E-state index contributed by atoms with van der Waals surface area (Å²) in [5.74, 6) is 2.42. The van der Waals surface area contributed by atoms with Gasteiger partial charge in [-0.15, -0.1) is 24.0 Å².